The van der Waals surface area contributed by atoms with Gasteiger partial charge in [0.15, 0.2) is 0 Å². The lowest BCUT2D eigenvalue weighted by Gasteiger charge is -2.06. The van der Waals surface area contributed by atoms with Crippen LogP contribution in [0, 0.1) is 0 Å². The Morgan fingerprint density at radius 1 is 1.24 bits per heavy atom. The van der Waals surface area contributed by atoms with Gasteiger partial charge in [0, 0.05) is 24.7 Å². The monoisotopic (exact) mass is 281 g/mol. The molecule has 0 aliphatic heterocycles. The number of nitrogens with zero attached hydrogens (tertiary/aromatic N) is 3. The molecule has 0 saturated carbocycles. The van der Waals surface area contributed by atoms with Crippen molar-refractivity contribution in [3.05, 3.63) is 71.3 Å². The highest BCUT2D eigenvalue weighted by molar-refractivity contribution is 6.03. The van der Waals surface area contributed by atoms with Gasteiger partial charge in [-0.3, -0.25) is 14.2 Å². The number of anilines is 1. The van der Waals surface area contributed by atoms with E-state index in [1.807, 2.05) is 0 Å². The SMILES string of the molecule is O=C(Nc1ccc(-n2ccnc2)nc1)c1ccc(=O)[nH]c1. The number of rotatable bonds is 3. The Kier molecular flexibility index (Phi) is 3.30. The highest BCUT2D eigenvalue weighted by Gasteiger charge is 2.06. The zero-order valence-electron chi connectivity index (χ0n) is 10.9. The number of H-pyrrole nitrogens is 1. The summed E-state index contributed by atoms with van der Waals surface area (Å²) in [5, 5.41) is 2.70. The summed E-state index contributed by atoms with van der Waals surface area (Å²) in [6, 6.07) is 6.27. The average molecular weight is 281 g/mol. The smallest absolute Gasteiger partial charge is 0.257 e. The summed E-state index contributed by atoms with van der Waals surface area (Å²) in [7, 11) is 0. The van der Waals surface area contributed by atoms with Crippen molar-refractivity contribution < 1.29 is 4.79 Å². The Labute approximate surface area is 119 Å². The first-order valence-corrected chi connectivity index (χ1v) is 6.17. The van der Waals surface area contributed by atoms with Crippen LogP contribution in [-0.4, -0.2) is 25.4 Å². The van der Waals surface area contributed by atoms with E-state index in [2.05, 4.69) is 20.3 Å². The number of aromatic amines is 1. The van der Waals surface area contributed by atoms with Crippen LogP contribution < -0.4 is 10.9 Å². The fourth-order valence-electron chi connectivity index (χ4n) is 1.76. The van der Waals surface area contributed by atoms with E-state index in [0.29, 0.717) is 17.1 Å². The van der Waals surface area contributed by atoms with Crippen molar-refractivity contribution in [2.45, 2.75) is 0 Å². The van der Waals surface area contributed by atoms with Crippen LogP contribution in [0.1, 0.15) is 10.4 Å². The number of hydrogen-bond donors (Lipinski definition) is 2. The van der Waals surface area contributed by atoms with E-state index >= 15 is 0 Å². The Balaban J connectivity index is 1.74. The molecule has 0 aliphatic carbocycles. The van der Waals surface area contributed by atoms with Crippen molar-refractivity contribution in [3.8, 4) is 5.82 Å². The molecule has 3 aromatic heterocycles. The Hall–Kier alpha value is -3.22. The molecule has 7 heteroatoms. The van der Waals surface area contributed by atoms with E-state index in [-0.39, 0.29) is 11.5 Å². The third kappa shape index (κ3) is 2.86. The highest BCUT2D eigenvalue weighted by atomic mass is 16.1. The molecule has 3 aromatic rings. The third-order valence-corrected chi connectivity index (χ3v) is 2.82. The first kappa shape index (κ1) is 12.8. The van der Waals surface area contributed by atoms with Gasteiger partial charge in [-0.1, -0.05) is 0 Å². The molecule has 21 heavy (non-hydrogen) atoms. The molecule has 0 fully saturated rings. The van der Waals surface area contributed by atoms with Crippen LogP contribution in [0.15, 0.2) is 60.2 Å². The van der Waals surface area contributed by atoms with E-state index in [1.165, 1.54) is 18.3 Å². The van der Waals surface area contributed by atoms with Crippen LogP contribution in [0.5, 0.6) is 0 Å². The van der Waals surface area contributed by atoms with E-state index in [1.54, 1.807) is 41.6 Å². The molecule has 0 saturated heterocycles. The number of aromatic nitrogens is 4. The maximum atomic E-state index is 12.0. The fraction of sp³-hybridized carbons (Fsp3) is 0. The van der Waals surface area contributed by atoms with Gasteiger partial charge in [0.2, 0.25) is 5.56 Å². The molecule has 2 N–H and O–H groups in total. The van der Waals surface area contributed by atoms with Crippen LogP contribution in [-0.2, 0) is 0 Å². The molecular weight excluding hydrogens is 270 g/mol. The normalized spacial score (nSPS) is 10.3. The molecule has 0 radical (unpaired) electrons. The zero-order chi connectivity index (χ0) is 14.7. The van der Waals surface area contributed by atoms with Crippen LogP contribution >= 0.6 is 0 Å². The first-order chi connectivity index (χ1) is 10.2. The first-order valence-electron chi connectivity index (χ1n) is 6.17. The molecule has 0 aromatic carbocycles. The van der Waals surface area contributed by atoms with Crippen molar-refractivity contribution in [1.82, 2.24) is 19.5 Å². The lowest BCUT2D eigenvalue weighted by molar-refractivity contribution is 0.102. The molecule has 0 aliphatic rings. The fourth-order valence-corrected chi connectivity index (χ4v) is 1.76. The van der Waals surface area contributed by atoms with Gasteiger partial charge in [-0.15, -0.1) is 0 Å². The number of pyridine rings is 2. The number of carbonyl (C=O) groups is 1. The highest BCUT2D eigenvalue weighted by Crippen LogP contribution is 2.10. The van der Waals surface area contributed by atoms with Crippen molar-refractivity contribution in [2.24, 2.45) is 0 Å². The quantitative estimate of drug-likeness (QED) is 0.754. The van der Waals surface area contributed by atoms with Crippen molar-refractivity contribution in [3.63, 3.8) is 0 Å². The van der Waals surface area contributed by atoms with Crippen molar-refractivity contribution in [2.75, 3.05) is 5.32 Å². The molecule has 0 spiro atoms. The molecule has 0 atom stereocenters. The topological polar surface area (TPSA) is 92.7 Å². The third-order valence-electron chi connectivity index (χ3n) is 2.82. The summed E-state index contributed by atoms with van der Waals surface area (Å²) < 4.78 is 1.76. The Bertz CT molecular complexity index is 786. The van der Waals surface area contributed by atoms with E-state index in [4.69, 9.17) is 0 Å². The number of carbonyl (C=O) groups excluding carboxylic acids is 1. The standard InChI is InChI=1S/C14H11N5O2/c20-13-4-1-10(7-17-13)14(21)18-11-2-3-12(16-8-11)19-6-5-15-9-19/h1-9H,(H,17,20)(H,18,21). The van der Waals surface area contributed by atoms with Crippen LogP contribution in [0.2, 0.25) is 0 Å². The van der Waals surface area contributed by atoms with E-state index < -0.39 is 0 Å². The van der Waals surface area contributed by atoms with Gasteiger partial charge >= 0.3 is 0 Å². The van der Waals surface area contributed by atoms with Gasteiger partial charge in [0.1, 0.15) is 12.1 Å². The van der Waals surface area contributed by atoms with Gasteiger partial charge in [-0.2, -0.15) is 0 Å². The second-order valence-electron chi connectivity index (χ2n) is 4.27. The molecule has 3 rings (SSSR count). The summed E-state index contributed by atoms with van der Waals surface area (Å²) in [4.78, 5) is 33.5. The second kappa shape index (κ2) is 5.41. The lowest BCUT2D eigenvalue weighted by Crippen LogP contribution is -2.14. The second-order valence-corrected chi connectivity index (χ2v) is 4.27. The Morgan fingerprint density at radius 2 is 2.14 bits per heavy atom. The van der Waals surface area contributed by atoms with Gasteiger partial charge in [-0.25, -0.2) is 9.97 Å². The summed E-state index contributed by atoms with van der Waals surface area (Å²) in [5.74, 6) is 0.387. The Morgan fingerprint density at radius 3 is 2.76 bits per heavy atom. The predicted molar refractivity (Wildman–Crippen MR) is 76.4 cm³/mol. The van der Waals surface area contributed by atoms with Gasteiger partial charge < -0.3 is 10.3 Å². The molecular formula is C14H11N5O2. The number of imidazole rings is 1. The van der Waals surface area contributed by atoms with Gasteiger partial charge in [0.05, 0.1) is 17.4 Å². The minimum absolute atomic E-state index is 0.252. The number of amides is 1. The zero-order valence-corrected chi connectivity index (χ0v) is 10.9. The molecule has 7 nitrogen and oxygen atoms in total. The van der Waals surface area contributed by atoms with Crippen LogP contribution in [0.4, 0.5) is 5.69 Å². The predicted octanol–water partition coefficient (Wildman–Crippen LogP) is 1.21. The van der Waals surface area contributed by atoms with E-state index in [9.17, 15) is 9.59 Å². The number of hydrogen-bond acceptors (Lipinski definition) is 4. The summed E-state index contributed by atoms with van der Waals surface area (Å²) in [6.07, 6.45) is 8.00. The minimum atomic E-state index is -0.316. The number of nitrogens with one attached hydrogen (secondary N) is 2. The minimum Gasteiger partial charge on any atom is -0.328 e. The van der Waals surface area contributed by atoms with Crippen LogP contribution in [0.25, 0.3) is 5.82 Å². The van der Waals surface area contributed by atoms with E-state index in [0.717, 1.165) is 0 Å². The summed E-state index contributed by atoms with van der Waals surface area (Å²) in [5.41, 5.74) is 0.682. The maximum absolute atomic E-state index is 12.0. The van der Waals surface area contributed by atoms with Crippen molar-refractivity contribution >= 4 is 11.6 Å². The average Bonchev–Trinajstić information content (AvgIpc) is 3.03. The summed E-state index contributed by atoms with van der Waals surface area (Å²) in [6.45, 7) is 0. The largest absolute Gasteiger partial charge is 0.328 e. The van der Waals surface area contributed by atoms with Gasteiger partial charge in [-0.05, 0) is 18.2 Å². The van der Waals surface area contributed by atoms with Crippen LogP contribution in [0.3, 0.4) is 0 Å². The van der Waals surface area contributed by atoms with Gasteiger partial charge in [0.25, 0.3) is 5.91 Å². The maximum Gasteiger partial charge on any atom is 0.257 e. The summed E-state index contributed by atoms with van der Waals surface area (Å²) >= 11 is 0. The molecule has 1 amide bonds. The molecule has 0 bridgehead atoms. The molecule has 0 unspecified atom stereocenters. The van der Waals surface area contributed by atoms with Crippen molar-refractivity contribution in [1.29, 1.82) is 0 Å². The lowest BCUT2D eigenvalue weighted by atomic mass is 10.2. The molecule has 3 heterocycles. The molecule has 104 valence electrons.